The number of aliphatic hydroxyl groups excluding tert-OH is 1. The summed E-state index contributed by atoms with van der Waals surface area (Å²) in [5, 5.41) is 24.5. The van der Waals surface area contributed by atoms with Crippen molar-refractivity contribution in [2.75, 3.05) is 14.1 Å². The Kier molecular flexibility index (Phi) is 13.0. The van der Waals surface area contributed by atoms with Crippen molar-refractivity contribution in [3.05, 3.63) is 16.1 Å². The number of aromatic nitrogens is 1. The van der Waals surface area contributed by atoms with Gasteiger partial charge in [-0.25, -0.2) is 14.6 Å². The summed E-state index contributed by atoms with van der Waals surface area (Å²) in [5.41, 5.74) is -0.869. The lowest BCUT2D eigenvalue weighted by Crippen LogP contribution is -2.59. The summed E-state index contributed by atoms with van der Waals surface area (Å²) < 4.78 is 5.46. The van der Waals surface area contributed by atoms with Gasteiger partial charge in [0.05, 0.1) is 0 Å². The maximum Gasteiger partial charge on any atom is 0.410 e. The van der Waals surface area contributed by atoms with E-state index >= 15 is 0 Å². The highest BCUT2D eigenvalue weighted by atomic mass is 32.1. The number of carbonyl (C=O) groups excluding carboxylic acids is 3. The van der Waals surface area contributed by atoms with Gasteiger partial charge >= 0.3 is 12.1 Å². The van der Waals surface area contributed by atoms with Gasteiger partial charge in [-0.3, -0.25) is 14.5 Å². The molecule has 0 aromatic carbocycles. The maximum atomic E-state index is 13.9. The van der Waals surface area contributed by atoms with Crippen molar-refractivity contribution in [1.82, 2.24) is 20.1 Å². The Morgan fingerprint density at radius 1 is 1.05 bits per heavy atom. The number of aromatic carboxylic acids is 1. The molecule has 1 aromatic rings. The number of hydrogen-bond donors (Lipinski definition) is 3. The average Bonchev–Trinajstić information content (AvgIpc) is 3.34. The summed E-state index contributed by atoms with van der Waals surface area (Å²) in [7, 11) is 3.15. The van der Waals surface area contributed by atoms with Crippen LogP contribution in [-0.2, 0) is 14.3 Å². The van der Waals surface area contributed by atoms with E-state index in [4.69, 9.17) is 9.84 Å². The van der Waals surface area contributed by atoms with Gasteiger partial charge in [0.2, 0.25) is 11.8 Å². The van der Waals surface area contributed by atoms with Crippen molar-refractivity contribution < 1.29 is 34.1 Å². The number of ether oxygens (including phenoxy) is 1. The van der Waals surface area contributed by atoms with E-state index in [0.29, 0.717) is 6.42 Å². The topological polar surface area (TPSA) is 149 Å². The molecule has 3 N–H and O–H groups in total. The van der Waals surface area contributed by atoms with Crippen LogP contribution in [0.4, 0.5) is 4.79 Å². The SMILES string of the molecule is CC[C@H](C)[C@H](NC(=O)[C@@H](C(C)C)N(C)C(=O)OC(C)(C)C)C(=O)N(C)[C@H](C[C@@H](O)c1nc(C(=O)O)cs1)C(C)C. The van der Waals surface area contributed by atoms with Gasteiger partial charge in [-0.1, -0.05) is 48.0 Å². The Morgan fingerprint density at radius 2 is 1.62 bits per heavy atom. The predicted molar refractivity (Wildman–Crippen MR) is 154 cm³/mol. The molecular weight excluding hydrogens is 536 g/mol. The fraction of sp³-hybridized carbons (Fsp3) is 0.750. The first-order chi connectivity index (χ1) is 18.3. The smallest absolute Gasteiger partial charge is 0.410 e. The van der Waals surface area contributed by atoms with Gasteiger partial charge in [0.1, 0.15) is 28.8 Å². The minimum absolute atomic E-state index is 0.0579. The molecule has 0 saturated heterocycles. The van der Waals surface area contributed by atoms with E-state index in [1.54, 1.807) is 32.7 Å². The molecule has 1 aromatic heterocycles. The number of aliphatic hydroxyl groups is 1. The molecule has 11 nitrogen and oxygen atoms in total. The molecule has 0 radical (unpaired) electrons. The van der Waals surface area contributed by atoms with E-state index < -0.39 is 47.8 Å². The number of carboxylic acid groups (broad SMARTS) is 1. The standard InChI is InChI=1S/C28H48N4O7S/c1-12-17(6)21(30-23(34)22(16(4)5)32(11)27(38)39-28(7,8)9)25(35)31(10)19(15(2)3)13-20(33)24-29-18(14-40-24)26(36)37/h14-17,19-22,33H,12-13H2,1-11H3,(H,30,34)(H,36,37)/t17-,19+,20+,21-,22+/m0/s1. The van der Waals surface area contributed by atoms with Gasteiger partial charge < -0.3 is 25.2 Å². The lowest BCUT2D eigenvalue weighted by atomic mass is 9.92. The highest BCUT2D eigenvalue weighted by molar-refractivity contribution is 7.09. The zero-order chi connectivity index (χ0) is 31.1. The number of hydrogen-bond acceptors (Lipinski definition) is 8. The molecule has 1 heterocycles. The fourth-order valence-corrected chi connectivity index (χ4v) is 5.21. The van der Waals surface area contributed by atoms with Crippen LogP contribution in [0.2, 0.25) is 0 Å². The predicted octanol–water partition coefficient (Wildman–Crippen LogP) is 4.17. The van der Waals surface area contributed by atoms with Crippen LogP contribution in [0.25, 0.3) is 0 Å². The Labute approximate surface area is 242 Å². The minimum Gasteiger partial charge on any atom is -0.476 e. The Bertz CT molecular complexity index is 1020. The van der Waals surface area contributed by atoms with E-state index in [-0.39, 0.29) is 40.8 Å². The Hall–Kier alpha value is -2.73. The summed E-state index contributed by atoms with van der Waals surface area (Å²) in [4.78, 5) is 58.1. The first kappa shape index (κ1) is 35.3. The normalized spacial score (nSPS) is 15.7. The molecule has 12 heteroatoms. The second-order valence-corrected chi connectivity index (χ2v) is 12.9. The molecule has 0 aliphatic rings. The molecule has 0 spiro atoms. The number of nitrogens with zero attached hydrogens (tertiary/aromatic N) is 3. The van der Waals surface area contributed by atoms with Crippen molar-refractivity contribution in [2.45, 2.75) is 105 Å². The van der Waals surface area contributed by atoms with E-state index in [2.05, 4.69) is 10.3 Å². The van der Waals surface area contributed by atoms with E-state index in [0.717, 1.165) is 11.3 Å². The number of nitrogens with one attached hydrogen (secondary N) is 1. The maximum absolute atomic E-state index is 13.9. The average molecular weight is 585 g/mol. The zero-order valence-corrected chi connectivity index (χ0v) is 26.5. The van der Waals surface area contributed by atoms with Crippen molar-refractivity contribution in [3.8, 4) is 0 Å². The molecule has 0 fully saturated rings. The number of carboxylic acids is 1. The first-order valence-electron chi connectivity index (χ1n) is 13.7. The lowest BCUT2D eigenvalue weighted by Gasteiger charge is -2.38. The summed E-state index contributed by atoms with van der Waals surface area (Å²) in [6, 6.07) is -2.16. The number of likely N-dealkylation sites (N-methyl/N-ethyl adjacent to an activating group) is 2. The third kappa shape index (κ3) is 9.72. The third-order valence-corrected chi connectivity index (χ3v) is 7.83. The second kappa shape index (κ2) is 14.8. The van der Waals surface area contributed by atoms with Crippen LogP contribution in [0.3, 0.4) is 0 Å². The van der Waals surface area contributed by atoms with Gasteiger partial charge in [-0.2, -0.15) is 0 Å². The molecule has 1 rings (SSSR count). The molecule has 40 heavy (non-hydrogen) atoms. The zero-order valence-electron chi connectivity index (χ0n) is 25.7. The largest absolute Gasteiger partial charge is 0.476 e. The van der Waals surface area contributed by atoms with Crippen LogP contribution in [0.15, 0.2) is 5.38 Å². The van der Waals surface area contributed by atoms with E-state index in [1.807, 2.05) is 41.5 Å². The van der Waals surface area contributed by atoms with Crippen molar-refractivity contribution in [1.29, 1.82) is 0 Å². The van der Waals surface area contributed by atoms with Gasteiger partial charge in [0, 0.05) is 31.9 Å². The molecule has 228 valence electrons. The van der Waals surface area contributed by atoms with Gasteiger partial charge in [-0.05, 0) is 38.5 Å². The number of thiazole rings is 1. The number of carbonyl (C=O) groups is 4. The van der Waals surface area contributed by atoms with Gasteiger partial charge in [0.15, 0.2) is 5.69 Å². The third-order valence-electron chi connectivity index (χ3n) is 6.88. The van der Waals surface area contributed by atoms with E-state index in [9.17, 15) is 24.3 Å². The summed E-state index contributed by atoms with van der Waals surface area (Å²) >= 11 is 1.05. The van der Waals surface area contributed by atoms with Crippen molar-refractivity contribution in [2.24, 2.45) is 17.8 Å². The van der Waals surface area contributed by atoms with Crippen LogP contribution in [0, 0.1) is 17.8 Å². The first-order valence-corrected chi connectivity index (χ1v) is 14.6. The molecule has 0 unspecified atom stereocenters. The van der Waals surface area contributed by atoms with E-state index in [1.165, 1.54) is 17.3 Å². The fourth-order valence-electron chi connectivity index (χ4n) is 4.42. The van der Waals surface area contributed by atoms with Crippen LogP contribution >= 0.6 is 11.3 Å². The second-order valence-electron chi connectivity index (χ2n) is 12.0. The summed E-state index contributed by atoms with van der Waals surface area (Å²) in [5.74, 6) is -2.48. The minimum atomic E-state index is -1.17. The quantitative estimate of drug-likeness (QED) is 0.313. The van der Waals surface area contributed by atoms with Crippen LogP contribution in [0.1, 0.15) is 96.8 Å². The summed E-state index contributed by atoms with van der Waals surface area (Å²) in [6.07, 6.45) is -0.939. The number of rotatable bonds is 13. The molecule has 5 atom stereocenters. The van der Waals surface area contributed by atoms with Gasteiger partial charge in [0.25, 0.3) is 0 Å². The van der Waals surface area contributed by atoms with Crippen LogP contribution in [0.5, 0.6) is 0 Å². The van der Waals surface area contributed by atoms with Gasteiger partial charge in [-0.15, -0.1) is 11.3 Å². The molecule has 0 bridgehead atoms. The Balaban J connectivity index is 3.19. The monoisotopic (exact) mass is 584 g/mol. The molecule has 3 amide bonds. The van der Waals surface area contributed by atoms with Crippen molar-refractivity contribution >= 4 is 35.2 Å². The van der Waals surface area contributed by atoms with Crippen LogP contribution in [-0.4, -0.2) is 86.7 Å². The molecular formula is C28H48N4O7S. The summed E-state index contributed by atoms with van der Waals surface area (Å²) in [6.45, 7) is 16.5. The Morgan fingerprint density at radius 3 is 2.05 bits per heavy atom. The molecule has 0 saturated carbocycles. The lowest BCUT2D eigenvalue weighted by molar-refractivity contribution is -0.141. The highest BCUT2D eigenvalue weighted by Crippen LogP contribution is 2.28. The highest BCUT2D eigenvalue weighted by Gasteiger charge is 2.38. The molecule has 0 aliphatic carbocycles. The molecule has 0 aliphatic heterocycles. The van der Waals surface area contributed by atoms with Crippen LogP contribution < -0.4 is 5.32 Å². The van der Waals surface area contributed by atoms with Crippen molar-refractivity contribution in [3.63, 3.8) is 0 Å². The number of amides is 3.